The van der Waals surface area contributed by atoms with Crippen molar-refractivity contribution in [3.8, 4) is 11.3 Å². The van der Waals surface area contributed by atoms with Gasteiger partial charge in [0.05, 0.1) is 5.69 Å². The Labute approximate surface area is 97.1 Å². The maximum Gasteiger partial charge on any atom is 0.142 e. The molecule has 2 aromatic heterocycles. The van der Waals surface area contributed by atoms with Crippen LogP contribution in [0.25, 0.3) is 22.3 Å². The fourth-order valence-corrected chi connectivity index (χ4v) is 1.93. The first-order valence-corrected chi connectivity index (χ1v) is 5.27. The molecule has 3 aromatic rings. The molecule has 0 radical (unpaired) electrons. The maximum atomic E-state index is 5.92. The van der Waals surface area contributed by atoms with Crippen molar-refractivity contribution in [3.05, 3.63) is 47.9 Å². The molecular formula is C12H8ClN3. The number of nitrogens with zero attached hydrogens (tertiary/aromatic N) is 2. The van der Waals surface area contributed by atoms with Gasteiger partial charge in [-0.3, -0.25) is 0 Å². The van der Waals surface area contributed by atoms with Crippen LogP contribution in [0.1, 0.15) is 0 Å². The van der Waals surface area contributed by atoms with E-state index in [0.29, 0.717) is 5.15 Å². The van der Waals surface area contributed by atoms with Gasteiger partial charge in [-0.15, -0.1) is 0 Å². The van der Waals surface area contributed by atoms with E-state index in [1.54, 1.807) is 0 Å². The van der Waals surface area contributed by atoms with E-state index < -0.39 is 0 Å². The van der Waals surface area contributed by atoms with E-state index in [-0.39, 0.29) is 0 Å². The zero-order valence-electron chi connectivity index (χ0n) is 8.31. The van der Waals surface area contributed by atoms with Crippen molar-refractivity contribution in [2.45, 2.75) is 0 Å². The van der Waals surface area contributed by atoms with Crippen molar-refractivity contribution >= 4 is 22.6 Å². The fraction of sp³-hybridized carbons (Fsp3) is 0. The topological polar surface area (TPSA) is 41.6 Å². The number of rotatable bonds is 1. The van der Waals surface area contributed by atoms with Crippen LogP contribution in [-0.2, 0) is 0 Å². The van der Waals surface area contributed by atoms with Gasteiger partial charge < -0.3 is 4.98 Å². The van der Waals surface area contributed by atoms with Gasteiger partial charge in [0, 0.05) is 10.9 Å². The molecule has 2 heterocycles. The van der Waals surface area contributed by atoms with Crippen molar-refractivity contribution in [2.24, 2.45) is 0 Å². The minimum Gasteiger partial charge on any atom is -0.330 e. The van der Waals surface area contributed by atoms with Gasteiger partial charge in [-0.2, -0.15) is 0 Å². The van der Waals surface area contributed by atoms with Gasteiger partial charge in [0.1, 0.15) is 17.1 Å². The zero-order chi connectivity index (χ0) is 11.0. The predicted molar refractivity (Wildman–Crippen MR) is 64.3 cm³/mol. The molecule has 0 aliphatic carbocycles. The van der Waals surface area contributed by atoms with Crippen LogP contribution in [0.5, 0.6) is 0 Å². The first-order chi connectivity index (χ1) is 7.84. The van der Waals surface area contributed by atoms with Gasteiger partial charge in [0.2, 0.25) is 0 Å². The van der Waals surface area contributed by atoms with Crippen LogP contribution in [0.4, 0.5) is 0 Å². The van der Waals surface area contributed by atoms with Crippen LogP contribution in [-0.4, -0.2) is 15.0 Å². The summed E-state index contributed by atoms with van der Waals surface area (Å²) in [5, 5.41) is 1.52. The monoisotopic (exact) mass is 229 g/mol. The predicted octanol–water partition coefficient (Wildman–Crippen LogP) is 3.28. The molecule has 0 aliphatic rings. The standard InChI is InChI=1S/C12H8ClN3/c13-10-6-9-11(8-4-2-1-3-5-8)14-7-15-12(9)16-10/h1-7H,(H,14,15,16). The minimum absolute atomic E-state index is 0.577. The normalized spacial score (nSPS) is 10.8. The van der Waals surface area contributed by atoms with Crippen molar-refractivity contribution < 1.29 is 0 Å². The summed E-state index contributed by atoms with van der Waals surface area (Å²) < 4.78 is 0. The number of aromatic nitrogens is 3. The van der Waals surface area contributed by atoms with Crippen LogP contribution in [0.3, 0.4) is 0 Å². The highest BCUT2D eigenvalue weighted by atomic mass is 35.5. The van der Waals surface area contributed by atoms with Gasteiger partial charge in [-0.25, -0.2) is 9.97 Å². The quantitative estimate of drug-likeness (QED) is 0.696. The third kappa shape index (κ3) is 1.46. The number of hydrogen-bond donors (Lipinski definition) is 1. The second kappa shape index (κ2) is 3.61. The number of benzene rings is 1. The van der Waals surface area contributed by atoms with Gasteiger partial charge >= 0.3 is 0 Å². The summed E-state index contributed by atoms with van der Waals surface area (Å²) in [5.74, 6) is 0. The van der Waals surface area contributed by atoms with Crippen LogP contribution in [0.15, 0.2) is 42.7 Å². The maximum absolute atomic E-state index is 5.92. The highest BCUT2D eigenvalue weighted by Crippen LogP contribution is 2.26. The van der Waals surface area contributed by atoms with Crippen molar-refractivity contribution in [1.82, 2.24) is 15.0 Å². The molecule has 4 heteroatoms. The minimum atomic E-state index is 0.577. The lowest BCUT2D eigenvalue weighted by Gasteiger charge is -2.00. The lowest BCUT2D eigenvalue weighted by atomic mass is 10.1. The molecule has 1 aromatic carbocycles. The molecule has 0 aliphatic heterocycles. The third-order valence-corrected chi connectivity index (χ3v) is 2.64. The van der Waals surface area contributed by atoms with Crippen LogP contribution in [0, 0.1) is 0 Å². The number of nitrogens with one attached hydrogen (secondary N) is 1. The van der Waals surface area contributed by atoms with Crippen LogP contribution >= 0.6 is 11.6 Å². The molecule has 0 saturated carbocycles. The van der Waals surface area contributed by atoms with Gasteiger partial charge in [0.25, 0.3) is 0 Å². The molecule has 0 bridgehead atoms. The molecule has 16 heavy (non-hydrogen) atoms. The number of aromatic amines is 1. The Hall–Kier alpha value is -1.87. The van der Waals surface area contributed by atoms with E-state index in [4.69, 9.17) is 11.6 Å². The zero-order valence-corrected chi connectivity index (χ0v) is 9.07. The first kappa shape index (κ1) is 9.36. The van der Waals surface area contributed by atoms with Crippen molar-refractivity contribution in [1.29, 1.82) is 0 Å². The summed E-state index contributed by atoms with van der Waals surface area (Å²) in [6.45, 7) is 0. The van der Waals surface area contributed by atoms with Crippen LogP contribution < -0.4 is 0 Å². The Morgan fingerprint density at radius 2 is 1.88 bits per heavy atom. The smallest absolute Gasteiger partial charge is 0.142 e. The van der Waals surface area contributed by atoms with E-state index in [1.807, 2.05) is 36.4 Å². The van der Waals surface area contributed by atoms with Crippen molar-refractivity contribution in [3.63, 3.8) is 0 Å². The summed E-state index contributed by atoms with van der Waals surface area (Å²) in [7, 11) is 0. The van der Waals surface area contributed by atoms with E-state index in [2.05, 4.69) is 15.0 Å². The molecular weight excluding hydrogens is 222 g/mol. The Morgan fingerprint density at radius 1 is 1.06 bits per heavy atom. The Balaban J connectivity index is 2.31. The fourth-order valence-electron chi connectivity index (χ4n) is 1.73. The van der Waals surface area contributed by atoms with Gasteiger partial charge in [-0.05, 0) is 6.07 Å². The molecule has 1 N–H and O–H groups in total. The molecule has 0 fully saturated rings. The number of hydrogen-bond acceptors (Lipinski definition) is 2. The van der Waals surface area contributed by atoms with Crippen molar-refractivity contribution in [2.75, 3.05) is 0 Å². The molecule has 0 saturated heterocycles. The summed E-state index contributed by atoms with van der Waals surface area (Å²) in [5.41, 5.74) is 2.72. The summed E-state index contributed by atoms with van der Waals surface area (Å²) in [6, 6.07) is 11.8. The SMILES string of the molecule is Clc1cc2c(-c3ccccc3)ncnc2[nH]1. The molecule has 0 unspecified atom stereocenters. The summed E-state index contributed by atoms with van der Waals surface area (Å²) in [4.78, 5) is 11.4. The van der Waals surface area contributed by atoms with Gasteiger partial charge in [-0.1, -0.05) is 41.9 Å². The third-order valence-electron chi connectivity index (χ3n) is 2.44. The molecule has 3 rings (SSSR count). The molecule has 0 spiro atoms. The summed E-state index contributed by atoms with van der Waals surface area (Å²) >= 11 is 5.92. The van der Waals surface area contributed by atoms with Crippen LogP contribution in [0.2, 0.25) is 5.15 Å². The second-order valence-corrected chi connectivity index (χ2v) is 3.88. The highest BCUT2D eigenvalue weighted by Gasteiger charge is 2.08. The molecule has 78 valence electrons. The summed E-state index contributed by atoms with van der Waals surface area (Å²) in [6.07, 6.45) is 1.54. The number of H-pyrrole nitrogens is 1. The highest BCUT2D eigenvalue weighted by molar-refractivity contribution is 6.30. The first-order valence-electron chi connectivity index (χ1n) is 4.89. The Bertz CT molecular complexity index is 631. The largest absolute Gasteiger partial charge is 0.330 e. The van der Waals surface area contributed by atoms with E-state index >= 15 is 0 Å². The van der Waals surface area contributed by atoms with Gasteiger partial charge in [0.15, 0.2) is 0 Å². The average molecular weight is 230 g/mol. The Kier molecular flexibility index (Phi) is 2.11. The second-order valence-electron chi connectivity index (χ2n) is 3.47. The molecule has 0 amide bonds. The Morgan fingerprint density at radius 3 is 2.69 bits per heavy atom. The average Bonchev–Trinajstić information content (AvgIpc) is 2.70. The lowest BCUT2D eigenvalue weighted by molar-refractivity contribution is 1.20. The molecule has 0 atom stereocenters. The number of halogens is 1. The van der Waals surface area contributed by atoms with E-state index in [9.17, 15) is 0 Å². The van der Waals surface area contributed by atoms with E-state index in [1.165, 1.54) is 6.33 Å². The lowest BCUT2D eigenvalue weighted by Crippen LogP contribution is -1.86. The van der Waals surface area contributed by atoms with E-state index in [0.717, 1.165) is 22.3 Å². The molecule has 3 nitrogen and oxygen atoms in total. The number of fused-ring (bicyclic) bond motifs is 1.